The van der Waals surface area contributed by atoms with E-state index in [2.05, 4.69) is 92.0 Å². The van der Waals surface area contributed by atoms with Crippen molar-refractivity contribution in [2.45, 2.75) is 77.8 Å². The highest BCUT2D eigenvalue weighted by molar-refractivity contribution is 6.74. The highest BCUT2D eigenvalue weighted by Gasteiger charge is 2.37. The van der Waals surface area contributed by atoms with Gasteiger partial charge in [-0.25, -0.2) is 0 Å². The van der Waals surface area contributed by atoms with Crippen LogP contribution in [0.2, 0.25) is 36.3 Å². The van der Waals surface area contributed by atoms with Gasteiger partial charge in [-0.1, -0.05) is 65.8 Å². The van der Waals surface area contributed by atoms with Crippen molar-refractivity contribution in [1.82, 2.24) is 0 Å². The van der Waals surface area contributed by atoms with Crippen molar-refractivity contribution in [2.75, 3.05) is 13.2 Å². The Morgan fingerprint density at radius 1 is 0.636 bits per heavy atom. The molecule has 0 aliphatic heterocycles. The first-order valence-electron chi connectivity index (χ1n) is 8.30. The van der Waals surface area contributed by atoms with Crippen molar-refractivity contribution in [3.8, 4) is 0 Å². The summed E-state index contributed by atoms with van der Waals surface area (Å²) in [5.74, 6) is 0. The lowest BCUT2D eigenvalue weighted by molar-refractivity contribution is 0.327. The molecule has 0 unspecified atom stereocenters. The van der Waals surface area contributed by atoms with E-state index in [1.807, 2.05) is 0 Å². The quantitative estimate of drug-likeness (QED) is 0.408. The molecule has 0 spiro atoms. The summed E-state index contributed by atoms with van der Waals surface area (Å²) in [7, 11) is -3.24. The van der Waals surface area contributed by atoms with Crippen molar-refractivity contribution in [3.05, 3.63) is 24.3 Å². The van der Waals surface area contributed by atoms with E-state index in [4.69, 9.17) is 8.85 Å². The maximum atomic E-state index is 6.09. The third kappa shape index (κ3) is 7.40. The summed E-state index contributed by atoms with van der Waals surface area (Å²) in [6.07, 6.45) is 8.29. The predicted molar refractivity (Wildman–Crippen MR) is 105 cm³/mol. The van der Waals surface area contributed by atoms with Crippen LogP contribution in [0.1, 0.15) is 41.5 Å². The van der Waals surface area contributed by atoms with Gasteiger partial charge in [0.15, 0.2) is 16.6 Å². The highest BCUT2D eigenvalue weighted by atomic mass is 28.4. The molecular weight excluding hydrogens is 304 g/mol. The van der Waals surface area contributed by atoms with E-state index in [-0.39, 0.29) is 10.1 Å². The number of rotatable bonds is 7. The van der Waals surface area contributed by atoms with Crippen LogP contribution < -0.4 is 0 Å². The van der Waals surface area contributed by atoms with E-state index in [0.29, 0.717) is 13.2 Å². The molecule has 0 aliphatic carbocycles. The van der Waals surface area contributed by atoms with E-state index < -0.39 is 16.6 Å². The molecule has 0 aromatic rings. The Morgan fingerprint density at radius 2 is 0.909 bits per heavy atom. The minimum absolute atomic E-state index is 0.272. The van der Waals surface area contributed by atoms with E-state index >= 15 is 0 Å². The minimum Gasteiger partial charge on any atom is -0.413 e. The maximum Gasteiger partial charge on any atom is 0.192 e. The Kier molecular flexibility index (Phi) is 8.03. The zero-order valence-corrected chi connectivity index (χ0v) is 18.5. The van der Waals surface area contributed by atoms with Gasteiger partial charge in [0.05, 0.1) is 13.2 Å². The monoisotopic (exact) mass is 342 g/mol. The second kappa shape index (κ2) is 8.09. The molecule has 22 heavy (non-hydrogen) atoms. The Morgan fingerprint density at radius 3 is 1.14 bits per heavy atom. The predicted octanol–water partition coefficient (Wildman–Crippen LogP) is 6.14. The lowest BCUT2D eigenvalue weighted by Gasteiger charge is -2.35. The van der Waals surface area contributed by atoms with E-state index in [1.165, 1.54) is 0 Å². The summed E-state index contributed by atoms with van der Waals surface area (Å²) in [6.45, 7) is 24.1. The van der Waals surface area contributed by atoms with Crippen LogP contribution in [0, 0.1) is 0 Å². The standard InChI is InChI=1S/C18H38O2Si2/c1-17(2,3)21(7,8)19-15-13-11-12-14-16-20-22(9,10)18(4,5)6/h11-14H,15-16H2,1-10H3/b13-11-,14-12+. The van der Waals surface area contributed by atoms with Gasteiger partial charge in [0, 0.05) is 0 Å². The Balaban J connectivity index is 4.11. The number of hydrogen-bond acceptors (Lipinski definition) is 2. The average molecular weight is 343 g/mol. The van der Waals surface area contributed by atoms with Gasteiger partial charge < -0.3 is 8.85 Å². The molecule has 0 N–H and O–H groups in total. The Bertz CT molecular complexity index is 345. The van der Waals surface area contributed by atoms with Crippen molar-refractivity contribution in [2.24, 2.45) is 0 Å². The maximum absolute atomic E-state index is 6.09. The summed E-state index contributed by atoms with van der Waals surface area (Å²) in [4.78, 5) is 0. The molecule has 0 aromatic carbocycles. The summed E-state index contributed by atoms with van der Waals surface area (Å²) in [5, 5.41) is 0.543. The van der Waals surface area contributed by atoms with Gasteiger partial charge in [0.25, 0.3) is 0 Å². The molecular formula is C18H38O2Si2. The van der Waals surface area contributed by atoms with Crippen molar-refractivity contribution in [3.63, 3.8) is 0 Å². The van der Waals surface area contributed by atoms with Crippen LogP contribution in [-0.2, 0) is 8.85 Å². The fourth-order valence-electron chi connectivity index (χ4n) is 1.21. The molecule has 0 fully saturated rings. The molecule has 0 aromatic heterocycles. The smallest absolute Gasteiger partial charge is 0.192 e. The third-order valence-corrected chi connectivity index (χ3v) is 14.1. The van der Waals surface area contributed by atoms with Crippen molar-refractivity contribution in [1.29, 1.82) is 0 Å². The molecule has 0 heterocycles. The summed E-state index contributed by atoms with van der Waals surface area (Å²) in [6, 6.07) is 0. The van der Waals surface area contributed by atoms with Crippen LogP contribution in [0.15, 0.2) is 24.3 Å². The second-order valence-corrected chi connectivity index (χ2v) is 18.6. The van der Waals surface area contributed by atoms with Gasteiger partial charge in [0.2, 0.25) is 0 Å². The lowest BCUT2D eigenvalue weighted by atomic mass is 10.2. The molecule has 130 valence electrons. The zero-order valence-electron chi connectivity index (χ0n) is 16.5. The molecule has 0 saturated carbocycles. The van der Waals surface area contributed by atoms with Gasteiger partial charge in [0.1, 0.15) is 0 Å². The van der Waals surface area contributed by atoms with E-state index in [9.17, 15) is 0 Å². The Hall–Kier alpha value is -0.166. The molecule has 0 atom stereocenters. The van der Waals surface area contributed by atoms with Crippen LogP contribution >= 0.6 is 0 Å². The fraction of sp³-hybridized carbons (Fsp3) is 0.778. The van der Waals surface area contributed by atoms with Crippen LogP contribution in [0.4, 0.5) is 0 Å². The molecule has 0 rings (SSSR count). The molecule has 0 radical (unpaired) electrons. The summed E-state index contributed by atoms with van der Waals surface area (Å²) >= 11 is 0. The van der Waals surface area contributed by atoms with Crippen LogP contribution in [0.5, 0.6) is 0 Å². The van der Waals surface area contributed by atoms with Gasteiger partial charge in [-0.3, -0.25) is 0 Å². The first-order valence-corrected chi connectivity index (χ1v) is 14.1. The lowest BCUT2D eigenvalue weighted by Crippen LogP contribution is -2.40. The van der Waals surface area contributed by atoms with E-state index in [0.717, 1.165) is 0 Å². The molecule has 4 heteroatoms. The average Bonchev–Trinajstić information content (AvgIpc) is 2.29. The van der Waals surface area contributed by atoms with Gasteiger partial charge in [-0.2, -0.15) is 0 Å². The first kappa shape index (κ1) is 21.8. The molecule has 0 amide bonds. The zero-order chi connectivity index (χ0) is 17.7. The van der Waals surface area contributed by atoms with Gasteiger partial charge >= 0.3 is 0 Å². The van der Waals surface area contributed by atoms with Gasteiger partial charge in [-0.15, -0.1) is 0 Å². The number of allylic oxidation sites excluding steroid dienone is 2. The van der Waals surface area contributed by atoms with Gasteiger partial charge in [-0.05, 0) is 36.3 Å². The van der Waals surface area contributed by atoms with Crippen LogP contribution in [0.3, 0.4) is 0 Å². The Labute approximate surface area is 141 Å². The van der Waals surface area contributed by atoms with Crippen LogP contribution in [-0.4, -0.2) is 29.8 Å². The molecule has 0 bridgehead atoms. The summed E-state index contributed by atoms with van der Waals surface area (Å²) in [5.41, 5.74) is 0. The second-order valence-electron chi connectivity index (χ2n) is 9.00. The minimum atomic E-state index is -1.62. The topological polar surface area (TPSA) is 18.5 Å². The largest absolute Gasteiger partial charge is 0.413 e. The third-order valence-electron chi connectivity index (χ3n) is 5.08. The van der Waals surface area contributed by atoms with E-state index in [1.54, 1.807) is 0 Å². The van der Waals surface area contributed by atoms with Crippen LogP contribution in [0.25, 0.3) is 0 Å². The first-order chi connectivity index (χ1) is 9.71. The number of hydrogen-bond donors (Lipinski definition) is 0. The molecule has 2 nitrogen and oxygen atoms in total. The normalized spacial score (nSPS) is 15.2. The highest BCUT2D eigenvalue weighted by Crippen LogP contribution is 2.37. The fourth-order valence-corrected chi connectivity index (χ4v) is 3.11. The molecule has 0 saturated heterocycles. The SMILES string of the molecule is CC(C)(C)[Si](C)(C)OC/C=C\C=C\CO[Si](C)(C)C(C)(C)C. The summed E-state index contributed by atoms with van der Waals surface area (Å²) < 4.78 is 12.2. The van der Waals surface area contributed by atoms with Crippen molar-refractivity contribution < 1.29 is 8.85 Å². The molecule has 0 aliphatic rings. The van der Waals surface area contributed by atoms with Crippen molar-refractivity contribution >= 4 is 16.6 Å².